The second-order valence-corrected chi connectivity index (χ2v) is 6.09. The van der Waals surface area contributed by atoms with E-state index in [0.717, 1.165) is 29.0 Å². The molecule has 1 fully saturated rings. The van der Waals surface area contributed by atoms with E-state index in [0.29, 0.717) is 16.5 Å². The van der Waals surface area contributed by atoms with Gasteiger partial charge in [0, 0.05) is 30.4 Å². The lowest BCUT2D eigenvalue weighted by Crippen LogP contribution is -2.48. The van der Waals surface area contributed by atoms with Crippen molar-refractivity contribution in [2.45, 2.75) is 6.92 Å². The van der Waals surface area contributed by atoms with Crippen molar-refractivity contribution in [2.75, 3.05) is 26.7 Å². The largest absolute Gasteiger partial charge is 0.494 e. The number of amides is 1. The maximum atomic E-state index is 12.0. The average molecular weight is 319 g/mol. The fourth-order valence-corrected chi connectivity index (χ4v) is 3.31. The van der Waals surface area contributed by atoms with Gasteiger partial charge in [0.25, 0.3) is 5.91 Å². The van der Waals surface area contributed by atoms with Crippen LogP contribution in [0.2, 0.25) is 0 Å². The summed E-state index contributed by atoms with van der Waals surface area (Å²) < 4.78 is 6.13. The van der Waals surface area contributed by atoms with Crippen LogP contribution in [0.1, 0.15) is 14.5 Å². The molecular formula is C11H15BrN2O2S. The highest BCUT2D eigenvalue weighted by Crippen LogP contribution is 2.38. The molecule has 6 heteroatoms. The van der Waals surface area contributed by atoms with Gasteiger partial charge in [0.15, 0.2) is 5.75 Å². The van der Waals surface area contributed by atoms with E-state index in [4.69, 9.17) is 4.74 Å². The normalized spacial score (nSPS) is 15.5. The van der Waals surface area contributed by atoms with E-state index in [2.05, 4.69) is 26.6 Å². The van der Waals surface area contributed by atoms with Gasteiger partial charge in [-0.1, -0.05) is 0 Å². The number of hydrogen-bond acceptors (Lipinski definition) is 4. The molecule has 2 N–H and O–H groups in total. The fraction of sp³-hybridized carbons (Fsp3) is 0.545. The Kier molecular flexibility index (Phi) is 4.06. The second-order valence-electron chi connectivity index (χ2n) is 4.07. The van der Waals surface area contributed by atoms with Crippen molar-refractivity contribution in [3.8, 4) is 5.75 Å². The van der Waals surface area contributed by atoms with E-state index in [1.807, 2.05) is 6.92 Å². The third kappa shape index (κ3) is 2.64. The summed E-state index contributed by atoms with van der Waals surface area (Å²) in [6.45, 7) is 4.67. The summed E-state index contributed by atoms with van der Waals surface area (Å²) in [5.74, 6) is 1.15. The van der Waals surface area contributed by atoms with Gasteiger partial charge in [0.2, 0.25) is 0 Å². The molecule has 0 aromatic carbocycles. The van der Waals surface area contributed by atoms with Crippen LogP contribution in [-0.4, -0.2) is 32.7 Å². The molecule has 1 aromatic rings. The van der Waals surface area contributed by atoms with Crippen molar-refractivity contribution < 1.29 is 9.53 Å². The smallest absolute Gasteiger partial charge is 0.265 e. The number of carbonyl (C=O) groups excluding carboxylic acids is 1. The van der Waals surface area contributed by atoms with Crippen molar-refractivity contribution in [1.29, 1.82) is 0 Å². The van der Waals surface area contributed by atoms with Gasteiger partial charge in [-0.15, -0.1) is 11.3 Å². The molecule has 0 atom stereocenters. The Bertz CT molecular complexity index is 429. The predicted molar refractivity (Wildman–Crippen MR) is 72.0 cm³/mol. The van der Waals surface area contributed by atoms with Gasteiger partial charge in [0.05, 0.1) is 11.6 Å². The standard InChI is InChI=1S/C11H15BrN2O2S/c1-6-8(12)9(16-2)10(17-6)11(15)14-5-7-3-13-4-7/h7,13H,3-5H2,1-2H3,(H,14,15). The molecule has 0 aliphatic carbocycles. The molecule has 94 valence electrons. The molecule has 0 bridgehead atoms. The van der Waals surface area contributed by atoms with E-state index in [1.165, 1.54) is 11.3 Å². The van der Waals surface area contributed by atoms with Gasteiger partial charge in [-0.2, -0.15) is 0 Å². The lowest BCUT2D eigenvalue weighted by atomic mass is 10.0. The van der Waals surface area contributed by atoms with Crippen LogP contribution in [0.15, 0.2) is 4.47 Å². The zero-order valence-electron chi connectivity index (χ0n) is 9.80. The van der Waals surface area contributed by atoms with Crippen molar-refractivity contribution >= 4 is 33.2 Å². The number of halogens is 1. The number of nitrogens with one attached hydrogen (secondary N) is 2. The molecule has 1 aliphatic rings. The Labute approximate surface area is 113 Å². The summed E-state index contributed by atoms with van der Waals surface area (Å²) in [6, 6.07) is 0. The molecule has 4 nitrogen and oxygen atoms in total. The molecule has 0 spiro atoms. The molecule has 1 aromatic heterocycles. The Balaban J connectivity index is 2.04. The third-order valence-electron chi connectivity index (χ3n) is 2.80. The average Bonchev–Trinajstić information content (AvgIpc) is 2.53. The number of aryl methyl sites for hydroxylation is 1. The quantitative estimate of drug-likeness (QED) is 0.889. The Morgan fingerprint density at radius 1 is 1.65 bits per heavy atom. The van der Waals surface area contributed by atoms with Crippen LogP contribution in [0.4, 0.5) is 0 Å². The Morgan fingerprint density at radius 3 is 2.88 bits per heavy atom. The summed E-state index contributed by atoms with van der Waals surface area (Å²) in [4.78, 5) is 13.7. The monoisotopic (exact) mass is 318 g/mol. The number of carbonyl (C=O) groups is 1. The molecule has 1 saturated heterocycles. The molecule has 17 heavy (non-hydrogen) atoms. The Hall–Kier alpha value is -0.590. The van der Waals surface area contributed by atoms with E-state index >= 15 is 0 Å². The maximum absolute atomic E-state index is 12.0. The summed E-state index contributed by atoms with van der Waals surface area (Å²) in [5.41, 5.74) is 0. The molecule has 0 saturated carbocycles. The van der Waals surface area contributed by atoms with Gasteiger partial charge < -0.3 is 15.4 Å². The first kappa shape index (κ1) is 12.9. The van der Waals surface area contributed by atoms with Gasteiger partial charge >= 0.3 is 0 Å². The number of methoxy groups -OCH3 is 1. The number of ether oxygens (including phenoxy) is 1. The zero-order chi connectivity index (χ0) is 12.4. The van der Waals surface area contributed by atoms with Gasteiger partial charge in [-0.3, -0.25) is 4.79 Å². The van der Waals surface area contributed by atoms with Crippen LogP contribution in [0.5, 0.6) is 5.75 Å². The highest BCUT2D eigenvalue weighted by atomic mass is 79.9. The second kappa shape index (κ2) is 5.37. The SMILES string of the molecule is COc1c(C(=O)NCC2CNC2)sc(C)c1Br. The molecular weight excluding hydrogens is 304 g/mol. The highest BCUT2D eigenvalue weighted by Gasteiger charge is 2.22. The maximum Gasteiger partial charge on any atom is 0.265 e. The Morgan fingerprint density at radius 2 is 2.35 bits per heavy atom. The summed E-state index contributed by atoms with van der Waals surface area (Å²) >= 11 is 4.88. The molecule has 2 heterocycles. The van der Waals surface area contributed by atoms with E-state index in [1.54, 1.807) is 7.11 Å². The van der Waals surface area contributed by atoms with Crippen molar-refractivity contribution in [3.05, 3.63) is 14.2 Å². The molecule has 2 rings (SSSR count). The summed E-state index contributed by atoms with van der Waals surface area (Å²) in [7, 11) is 1.58. The van der Waals surface area contributed by atoms with Crippen molar-refractivity contribution in [1.82, 2.24) is 10.6 Å². The first-order chi connectivity index (χ1) is 8.13. The van der Waals surface area contributed by atoms with Gasteiger partial charge in [-0.25, -0.2) is 0 Å². The minimum Gasteiger partial charge on any atom is -0.494 e. The number of thiophene rings is 1. The molecule has 0 radical (unpaired) electrons. The minimum atomic E-state index is -0.0486. The van der Waals surface area contributed by atoms with E-state index in [9.17, 15) is 4.79 Å². The lowest BCUT2D eigenvalue weighted by molar-refractivity contribution is 0.0943. The predicted octanol–water partition coefficient (Wildman–Crippen LogP) is 1.78. The molecule has 1 amide bonds. The van der Waals surface area contributed by atoms with E-state index < -0.39 is 0 Å². The first-order valence-corrected chi connectivity index (χ1v) is 7.06. The molecule has 1 aliphatic heterocycles. The zero-order valence-corrected chi connectivity index (χ0v) is 12.2. The minimum absolute atomic E-state index is 0.0486. The summed E-state index contributed by atoms with van der Waals surface area (Å²) in [6.07, 6.45) is 0. The third-order valence-corrected chi connectivity index (χ3v) is 5.10. The van der Waals surface area contributed by atoms with Crippen molar-refractivity contribution in [3.63, 3.8) is 0 Å². The topological polar surface area (TPSA) is 50.4 Å². The number of hydrogen-bond donors (Lipinski definition) is 2. The van der Waals surface area contributed by atoms with Crippen LogP contribution in [0.25, 0.3) is 0 Å². The summed E-state index contributed by atoms with van der Waals surface area (Å²) in [5, 5.41) is 6.13. The van der Waals surface area contributed by atoms with Gasteiger partial charge in [-0.05, 0) is 22.9 Å². The molecule has 0 unspecified atom stereocenters. The van der Waals surface area contributed by atoms with Crippen LogP contribution in [0.3, 0.4) is 0 Å². The van der Waals surface area contributed by atoms with Crippen LogP contribution in [0, 0.1) is 12.8 Å². The van der Waals surface area contributed by atoms with Crippen LogP contribution >= 0.6 is 27.3 Å². The first-order valence-electron chi connectivity index (χ1n) is 5.45. The van der Waals surface area contributed by atoms with Crippen LogP contribution in [-0.2, 0) is 0 Å². The fourth-order valence-electron chi connectivity index (χ4n) is 1.65. The van der Waals surface area contributed by atoms with E-state index in [-0.39, 0.29) is 5.91 Å². The van der Waals surface area contributed by atoms with Crippen molar-refractivity contribution in [2.24, 2.45) is 5.92 Å². The number of rotatable bonds is 4. The van der Waals surface area contributed by atoms with Gasteiger partial charge in [0.1, 0.15) is 4.88 Å². The highest BCUT2D eigenvalue weighted by molar-refractivity contribution is 9.10. The van der Waals surface area contributed by atoms with Crippen LogP contribution < -0.4 is 15.4 Å². The lowest BCUT2D eigenvalue weighted by Gasteiger charge is -2.26.